The number of thioether (sulfide) groups is 1. The number of nitrogens with zero attached hydrogens (tertiary/aromatic N) is 5. The molecule has 38 nitrogen and oxygen atoms in total. The number of benzene rings is 1. The van der Waals surface area contributed by atoms with Gasteiger partial charge in [-0.25, -0.2) is 4.98 Å². The van der Waals surface area contributed by atoms with Crippen molar-refractivity contribution in [1.82, 2.24) is 87.7 Å². The molecule has 674 valence electrons. The molecule has 4 aliphatic carbocycles. The Bertz CT molecular complexity index is 4160. The molecule has 0 radical (unpaired) electrons. The number of hydrogen-bond acceptors (Lipinski definition) is 22. The van der Waals surface area contributed by atoms with Crippen molar-refractivity contribution in [3.05, 3.63) is 54.2 Å². The number of fused-ring (bicyclic) bond motifs is 6. The second-order valence-electron chi connectivity index (χ2n) is 34.6. The van der Waals surface area contributed by atoms with Crippen LogP contribution in [0.2, 0.25) is 0 Å². The summed E-state index contributed by atoms with van der Waals surface area (Å²) in [7, 11) is 0. The van der Waals surface area contributed by atoms with E-state index in [0.29, 0.717) is 42.7 Å². The molecular formula is C83H127N19O19S. The largest absolute Gasteiger partial charge is 0.480 e. The van der Waals surface area contributed by atoms with Crippen LogP contribution >= 0.6 is 11.8 Å². The van der Waals surface area contributed by atoms with Gasteiger partial charge >= 0.3 is 17.9 Å². The number of H-pyrrole nitrogens is 2. The summed E-state index contributed by atoms with van der Waals surface area (Å²) in [6.45, 7) is 12.6. The number of aromatic amines is 2. The number of para-hydroxylation sites is 1. The lowest BCUT2D eigenvalue weighted by Crippen LogP contribution is -2.58. The molecule has 3 heterocycles. The lowest BCUT2D eigenvalue weighted by Gasteiger charge is -2.60. The van der Waals surface area contributed by atoms with Crippen LogP contribution < -0.4 is 64.6 Å². The fourth-order valence-electron chi connectivity index (χ4n) is 18.9. The van der Waals surface area contributed by atoms with Crippen LogP contribution in [-0.2, 0) is 89.6 Å². The van der Waals surface area contributed by atoms with Crippen molar-refractivity contribution in [2.75, 3.05) is 104 Å². The van der Waals surface area contributed by atoms with Gasteiger partial charge in [0.2, 0.25) is 70.9 Å². The Hall–Kier alpha value is -10.1. The van der Waals surface area contributed by atoms with Crippen LogP contribution in [0.5, 0.6) is 0 Å². The number of nitrogens with one attached hydrogen (secondary N) is 12. The van der Waals surface area contributed by atoms with E-state index in [9.17, 15) is 87.2 Å². The minimum Gasteiger partial charge on any atom is -0.480 e. The van der Waals surface area contributed by atoms with Crippen molar-refractivity contribution in [2.45, 2.75) is 200 Å². The summed E-state index contributed by atoms with van der Waals surface area (Å²) in [6.07, 6.45) is 12.3. The Morgan fingerprint density at radius 3 is 1.72 bits per heavy atom. The lowest BCUT2D eigenvalue weighted by atomic mass is 9.44. The van der Waals surface area contributed by atoms with Gasteiger partial charge < -0.3 is 89.9 Å². The van der Waals surface area contributed by atoms with Gasteiger partial charge in [-0.15, -0.1) is 0 Å². The summed E-state index contributed by atoms with van der Waals surface area (Å²) in [5.74, 6) is -10.3. The van der Waals surface area contributed by atoms with Crippen LogP contribution in [-0.4, -0.2) is 296 Å². The highest BCUT2D eigenvalue weighted by atomic mass is 32.2. The fraction of sp³-hybridized carbons (Fsp3) is 0.675. The smallest absolute Gasteiger partial charge is 0.317 e. The van der Waals surface area contributed by atoms with E-state index in [4.69, 9.17) is 11.5 Å². The van der Waals surface area contributed by atoms with Gasteiger partial charge in [-0.2, -0.15) is 11.8 Å². The SMILES string of the molecule is CSCC[C@H](NC(=O)[C@H](CC(C)C)NC(=O)[C@H](Cc1cnc[nH]1)NC(=O)CNC(=O)[C@H](C)NC(=O)[C@H](C)NC(=O)[C@H](Cc1c[nH]c2ccccc12)NC(=O)[C@H](CCC(N)=O)NC(=O)CC[C@@H](C)[C@H]1CC[C@H]2[C@@H]3CC[C@@H]4C[C@@H](NC(=O)CNC(=O)CN5CCN(CC(=O)O)CCN(CC(=O)O)CCN(CC(=O)O)CC5)CC[C@]4(C)[C@H]3CC(=O)[C@]12C)C(N)=O. The van der Waals surface area contributed by atoms with Gasteiger partial charge in [0.05, 0.1) is 45.6 Å². The Morgan fingerprint density at radius 1 is 0.566 bits per heavy atom. The van der Waals surface area contributed by atoms with Crippen molar-refractivity contribution < 1.29 is 92.0 Å². The second kappa shape index (κ2) is 45.8. The number of primary amides is 2. The Labute approximate surface area is 714 Å². The van der Waals surface area contributed by atoms with Crippen molar-refractivity contribution in [3.8, 4) is 0 Å². The minimum atomic E-state index is -1.40. The van der Waals surface area contributed by atoms with Gasteiger partial charge in [0, 0.05) is 125 Å². The number of hydrogen-bond donors (Lipinski definition) is 17. The zero-order valence-corrected chi connectivity index (χ0v) is 72.1. The zero-order valence-electron chi connectivity index (χ0n) is 71.3. The summed E-state index contributed by atoms with van der Waals surface area (Å²) < 4.78 is 0. The van der Waals surface area contributed by atoms with Crippen LogP contribution in [0, 0.1) is 52.3 Å². The van der Waals surface area contributed by atoms with E-state index in [2.05, 4.69) is 88.9 Å². The normalized spacial score (nSPS) is 23.7. The number of carboxylic acid groups (broad SMARTS) is 3. The maximum absolute atomic E-state index is 15.0. The van der Waals surface area contributed by atoms with Gasteiger partial charge in [-0.05, 0) is 155 Å². The highest BCUT2D eigenvalue weighted by Gasteiger charge is 2.64. The molecule has 16 atom stereocenters. The number of rotatable bonds is 43. The van der Waals surface area contributed by atoms with Crippen molar-refractivity contribution in [1.29, 1.82) is 0 Å². The molecule has 0 bridgehead atoms. The zero-order chi connectivity index (χ0) is 89.3. The molecule has 2 aromatic heterocycles. The van der Waals surface area contributed by atoms with Gasteiger partial charge in [0.1, 0.15) is 48.1 Å². The van der Waals surface area contributed by atoms with Crippen LogP contribution in [0.1, 0.15) is 150 Å². The van der Waals surface area contributed by atoms with Crippen molar-refractivity contribution in [2.24, 2.45) is 63.7 Å². The van der Waals surface area contributed by atoms with E-state index in [1.165, 1.54) is 38.1 Å². The lowest BCUT2D eigenvalue weighted by molar-refractivity contribution is -0.158. The number of amides is 12. The van der Waals surface area contributed by atoms with Gasteiger partial charge in [0.25, 0.3) is 0 Å². The van der Waals surface area contributed by atoms with E-state index >= 15 is 4.79 Å². The first-order chi connectivity index (χ1) is 57.8. The van der Waals surface area contributed by atoms with E-state index in [0.717, 1.165) is 43.0 Å². The minimum absolute atomic E-state index is 0.0424. The monoisotopic (exact) mass is 1730 g/mol. The first-order valence-corrected chi connectivity index (χ1v) is 43.8. The number of carbonyl (C=O) groups is 16. The third-order valence-corrected chi connectivity index (χ3v) is 26.2. The number of imidazole rings is 1. The quantitative estimate of drug-likeness (QED) is 0.0327. The highest BCUT2D eigenvalue weighted by molar-refractivity contribution is 7.98. The van der Waals surface area contributed by atoms with Crippen molar-refractivity contribution >= 4 is 117 Å². The maximum atomic E-state index is 15.0. The molecule has 19 N–H and O–H groups in total. The summed E-state index contributed by atoms with van der Waals surface area (Å²) in [6, 6.07) is -1.75. The molecule has 4 saturated carbocycles. The van der Waals surface area contributed by atoms with E-state index in [1.807, 2.05) is 38.3 Å². The fourth-order valence-corrected chi connectivity index (χ4v) is 19.3. The molecule has 5 aliphatic rings. The molecule has 1 saturated heterocycles. The Kier molecular flexibility index (Phi) is 36.6. The average molecular weight is 1730 g/mol. The number of nitrogens with two attached hydrogens (primary N) is 2. The third-order valence-electron chi connectivity index (χ3n) is 25.5. The number of Topliss-reactive ketones (excluding diaryl/α,β-unsaturated/α-hetero) is 1. The van der Waals surface area contributed by atoms with Gasteiger partial charge in [0.15, 0.2) is 0 Å². The molecule has 1 aromatic carbocycles. The summed E-state index contributed by atoms with van der Waals surface area (Å²) in [5.41, 5.74) is 12.1. The number of aromatic nitrogens is 3. The van der Waals surface area contributed by atoms with Gasteiger partial charge in [-0.3, -0.25) is 96.3 Å². The van der Waals surface area contributed by atoms with Gasteiger partial charge in [-0.1, -0.05) is 52.8 Å². The number of aliphatic carboxylic acids is 3. The molecule has 39 heteroatoms. The first kappa shape index (κ1) is 97.3. The Balaban J connectivity index is 0.823. The second-order valence-corrected chi connectivity index (χ2v) is 35.6. The first-order valence-electron chi connectivity index (χ1n) is 42.4. The van der Waals surface area contributed by atoms with Crippen LogP contribution in [0.4, 0.5) is 0 Å². The number of carboxylic acids is 3. The van der Waals surface area contributed by atoms with Crippen LogP contribution in [0.25, 0.3) is 10.9 Å². The predicted molar refractivity (Wildman–Crippen MR) is 450 cm³/mol. The van der Waals surface area contributed by atoms with E-state index in [1.54, 1.807) is 31.9 Å². The number of carbonyl (C=O) groups excluding carboxylic acids is 13. The van der Waals surface area contributed by atoms with E-state index in [-0.39, 0.29) is 195 Å². The third kappa shape index (κ3) is 28.2. The molecule has 8 rings (SSSR count). The number of ketones is 1. The molecule has 122 heavy (non-hydrogen) atoms. The van der Waals surface area contributed by atoms with Crippen molar-refractivity contribution in [3.63, 3.8) is 0 Å². The standard InChI is InChI=1S/C83H127N19O19S/c1-47(2)33-63(80(120)96-61(75(85)115)22-32-122-8)97-81(121)65(36-54-39-86-46-90-54)95-70(107)41-89-76(116)49(4)91-77(117)50(5)92-79(119)64(34-51-38-87-60-12-10-9-11-55(51)60)98-78(118)62(18-19-67(84)104)94-68(105)20-13-48(3)57-16-17-58-56-15-14-52-35-53(21-23-82(52,6)59(56)37-66(103)83(57,58)7)93-69(106)40-88-71(108)42-99-24-26-100(43-72(109)110)28-30-102(45-74(113)114)31-29-101(27-25-99)44-73(111)112/h9-12,38-39,46-50,52-53,56-59,61-65,87H,13-37,40-45H2,1-8H3,(H2,84,104)(H2,85,115)(H,86,90)(H,88,108)(H,89,116)(H,91,117)(H,92,119)(H,93,106)(H,94,105)(H,95,107)(H,96,120)(H,97,121)(H,98,118)(H,109,110)(H,111,112)(H,113,114)/t48-,49+,50+,52-,53+,56+,57-,58+,59+,61+,62+,63+,64+,65+,82+,83-/m1/s1. The predicted octanol–water partition coefficient (Wildman–Crippen LogP) is -0.894. The molecule has 0 unspecified atom stereocenters. The summed E-state index contributed by atoms with van der Waals surface area (Å²) in [5, 5.41) is 56.5. The van der Waals surface area contributed by atoms with Crippen LogP contribution in [0.3, 0.4) is 0 Å². The molecular weight excluding hydrogens is 1600 g/mol. The van der Waals surface area contributed by atoms with Crippen LogP contribution in [0.15, 0.2) is 43.0 Å². The Morgan fingerprint density at radius 2 is 1.12 bits per heavy atom. The highest BCUT2D eigenvalue weighted by Crippen LogP contribution is 2.67. The molecule has 0 spiro atoms. The molecule has 12 amide bonds. The molecule has 1 aliphatic heterocycles. The maximum Gasteiger partial charge on any atom is 0.317 e. The molecule has 5 fully saturated rings. The topological polar surface area (TPSA) is 564 Å². The molecule has 3 aromatic rings. The van der Waals surface area contributed by atoms with E-state index < -0.39 is 137 Å². The summed E-state index contributed by atoms with van der Waals surface area (Å²) >= 11 is 1.46. The summed E-state index contributed by atoms with van der Waals surface area (Å²) in [4.78, 5) is 230. The average Bonchev–Trinajstić information content (AvgIpc) is 1.44.